The summed E-state index contributed by atoms with van der Waals surface area (Å²) in [5, 5.41) is 7.43. The van der Waals surface area contributed by atoms with Crippen LogP contribution in [0.5, 0.6) is 11.5 Å². The van der Waals surface area contributed by atoms with E-state index in [1.54, 1.807) is 0 Å². The molecule has 3 nitrogen and oxygen atoms in total. The van der Waals surface area contributed by atoms with Crippen LogP contribution in [0.25, 0.3) is 0 Å². The van der Waals surface area contributed by atoms with Crippen molar-refractivity contribution in [2.24, 2.45) is 5.73 Å². The maximum Gasteiger partial charge on any atom is 0.146 e. The van der Waals surface area contributed by atoms with Gasteiger partial charge in [-0.25, -0.2) is 8.78 Å². The summed E-state index contributed by atoms with van der Waals surface area (Å²) < 4.78 is 31.4. The van der Waals surface area contributed by atoms with Crippen molar-refractivity contribution < 1.29 is 13.5 Å². The van der Waals surface area contributed by atoms with Gasteiger partial charge in [0.15, 0.2) is 0 Å². The zero-order valence-corrected chi connectivity index (χ0v) is 10.3. The molecule has 0 radical (unpaired) electrons. The third kappa shape index (κ3) is 3.00. The molecule has 3 N–H and O–H groups in total. The second kappa shape index (κ2) is 5.24. The van der Waals surface area contributed by atoms with E-state index in [1.165, 1.54) is 24.3 Å². The summed E-state index contributed by atoms with van der Waals surface area (Å²) in [5.74, 6) is -1.02. The Kier molecular flexibility index (Phi) is 3.66. The first kappa shape index (κ1) is 13.3. The van der Waals surface area contributed by atoms with Crippen LogP contribution < -0.4 is 10.5 Å². The minimum atomic E-state index is -0.539. The molecular weight excluding hydrogens is 274 g/mol. The van der Waals surface area contributed by atoms with Crippen molar-refractivity contribution in [2.75, 3.05) is 0 Å². The van der Waals surface area contributed by atoms with Gasteiger partial charge in [0.2, 0.25) is 0 Å². The maximum atomic E-state index is 13.1. The molecule has 0 bridgehead atoms. The number of nitrogens with two attached hydrogens (primary N) is 1. The molecule has 6 heteroatoms. The first-order chi connectivity index (χ1) is 8.97. The standard InChI is InChI=1S/C13H9ClF2N2O/c14-10-6-8(16)2-4-12(10)19-11-3-1-7(15)5-9(11)13(17)18/h1-6H,(H3,17,18). The molecule has 0 aromatic heterocycles. The summed E-state index contributed by atoms with van der Waals surface area (Å²) in [5.41, 5.74) is 5.44. The third-order valence-corrected chi connectivity index (χ3v) is 2.64. The second-order valence-corrected chi connectivity index (χ2v) is 4.14. The van der Waals surface area contributed by atoms with E-state index in [4.69, 9.17) is 27.5 Å². The molecule has 0 unspecified atom stereocenters. The summed E-state index contributed by atoms with van der Waals surface area (Å²) in [7, 11) is 0. The van der Waals surface area contributed by atoms with Crippen molar-refractivity contribution >= 4 is 17.4 Å². The van der Waals surface area contributed by atoms with Gasteiger partial charge in [-0.3, -0.25) is 5.41 Å². The van der Waals surface area contributed by atoms with E-state index >= 15 is 0 Å². The molecule has 0 aliphatic carbocycles. The van der Waals surface area contributed by atoms with Crippen LogP contribution >= 0.6 is 11.6 Å². The quantitative estimate of drug-likeness (QED) is 0.666. The smallest absolute Gasteiger partial charge is 0.146 e. The average Bonchev–Trinajstić information content (AvgIpc) is 2.34. The SMILES string of the molecule is N=C(N)c1cc(F)ccc1Oc1ccc(F)cc1Cl. The van der Waals surface area contributed by atoms with Gasteiger partial charge in [-0.15, -0.1) is 0 Å². The minimum absolute atomic E-state index is 0.0684. The number of hydrogen-bond donors (Lipinski definition) is 2. The first-order valence-electron chi connectivity index (χ1n) is 5.24. The van der Waals surface area contributed by atoms with Gasteiger partial charge >= 0.3 is 0 Å². The third-order valence-electron chi connectivity index (χ3n) is 2.35. The van der Waals surface area contributed by atoms with Crippen LogP contribution in [0.4, 0.5) is 8.78 Å². The van der Waals surface area contributed by atoms with Gasteiger partial charge < -0.3 is 10.5 Å². The summed E-state index contributed by atoms with van der Waals surface area (Å²) >= 11 is 5.82. The Bertz CT molecular complexity index is 647. The number of nitrogens with one attached hydrogen (secondary N) is 1. The summed E-state index contributed by atoms with van der Waals surface area (Å²) in [6, 6.07) is 7.18. The highest BCUT2D eigenvalue weighted by atomic mass is 35.5. The van der Waals surface area contributed by atoms with Crippen LogP contribution in [0.15, 0.2) is 36.4 Å². The van der Waals surface area contributed by atoms with Gasteiger partial charge in [0.1, 0.15) is 29.0 Å². The van der Waals surface area contributed by atoms with E-state index in [2.05, 4.69) is 0 Å². The molecule has 2 rings (SSSR count). The number of benzene rings is 2. The average molecular weight is 283 g/mol. The Morgan fingerprint density at radius 2 is 1.63 bits per heavy atom. The van der Waals surface area contributed by atoms with Gasteiger partial charge in [0.05, 0.1) is 10.6 Å². The van der Waals surface area contributed by atoms with Crippen LogP contribution in [0.2, 0.25) is 5.02 Å². The number of amidine groups is 1. The molecule has 2 aromatic carbocycles. The molecule has 98 valence electrons. The van der Waals surface area contributed by atoms with Gasteiger partial charge in [-0.1, -0.05) is 11.6 Å². The first-order valence-corrected chi connectivity index (χ1v) is 5.62. The van der Waals surface area contributed by atoms with Crippen LogP contribution in [0.1, 0.15) is 5.56 Å². The van der Waals surface area contributed by atoms with Crippen molar-refractivity contribution in [3.63, 3.8) is 0 Å². The van der Waals surface area contributed by atoms with Crippen LogP contribution in [-0.4, -0.2) is 5.84 Å². The molecule has 0 spiro atoms. The second-order valence-electron chi connectivity index (χ2n) is 3.73. The van der Waals surface area contributed by atoms with Crippen molar-refractivity contribution in [3.05, 3.63) is 58.6 Å². The van der Waals surface area contributed by atoms with Crippen molar-refractivity contribution in [3.8, 4) is 11.5 Å². The van der Waals surface area contributed by atoms with Crippen molar-refractivity contribution in [1.29, 1.82) is 5.41 Å². The van der Waals surface area contributed by atoms with E-state index in [9.17, 15) is 8.78 Å². The normalized spacial score (nSPS) is 10.3. The van der Waals surface area contributed by atoms with Crippen molar-refractivity contribution in [2.45, 2.75) is 0 Å². The van der Waals surface area contributed by atoms with Crippen LogP contribution in [0, 0.1) is 17.0 Å². The lowest BCUT2D eigenvalue weighted by molar-refractivity contribution is 0.477. The molecule has 19 heavy (non-hydrogen) atoms. The number of nitrogen functional groups attached to an aromatic ring is 1. The number of halogens is 3. The van der Waals surface area contributed by atoms with E-state index in [-0.39, 0.29) is 27.9 Å². The Labute approximate surface area is 113 Å². The van der Waals surface area contributed by atoms with E-state index in [1.807, 2.05) is 0 Å². The zero-order valence-electron chi connectivity index (χ0n) is 9.58. The predicted octanol–water partition coefficient (Wildman–Crippen LogP) is 3.69. The largest absolute Gasteiger partial charge is 0.455 e. The molecule has 0 amide bonds. The highest BCUT2D eigenvalue weighted by Crippen LogP contribution is 2.31. The highest BCUT2D eigenvalue weighted by Gasteiger charge is 2.11. The van der Waals surface area contributed by atoms with E-state index in [0.29, 0.717) is 0 Å². The molecule has 2 aromatic rings. The summed E-state index contributed by atoms with van der Waals surface area (Å²) in [6.07, 6.45) is 0. The fourth-order valence-electron chi connectivity index (χ4n) is 1.48. The Morgan fingerprint density at radius 3 is 2.21 bits per heavy atom. The van der Waals surface area contributed by atoms with E-state index in [0.717, 1.165) is 12.1 Å². The number of ether oxygens (including phenoxy) is 1. The topological polar surface area (TPSA) is 59.1 Å². The molecule has 0 saturated heterocycles. The van der Waals surface area contributed by atoms with Gasteiger partial charge in [0, 0.05) is 0 Å². The molecule has 0 heterocycles. The lowest BCUT2D eigenvalue weighted by atomic mass is 10.2. The molecule has 0 aliphatic heterocycles. The molecule has 0 saturated carbocycles. The van der Waals surface area contributed by atoms with E-state index < -0.39 is 11.6 Å². The van der Waals surface area contributed by atoms with Gasteiger partial charge in [0.25, 0.3) is 0 Å². The lowest BCUT2D eigenvalue weighted by Crippen LogP contribution is -2.12. The summed E-state index contributed by atoms with van der Waals surface area (Å²) in [6.45, 7) is 0. The van der Waals surface area contributed by atoms with Crippen LogP contribution in [-0.2, 0) is 0 Å². The fourth-order valence-corrected chi connectivity index (χ4v) is 1.68. The minimum Gasteiger partial charge on any atom is -0.455 e. The molecule has 0 atom stereocenters. The monoisotopic (exact) mass is 282 g/mol. The zero-order chi connectivity index (χ0) is 14.0. The number of hydrogen-bond acceptors (Lipinski definition) is 2. The predicted molar refractivity (Wildman–Crippen MR) is 68.9 cm³/mol. The fraction of sp³-hybridized carbons (Fsp3) is 0. The maximum absolute atomic E-state index is 13.1. The highest BCUT2D eigenvalue weighted by molar-refractivity contribution is 6.32. The molecule has 0 aliphatic rings. The van der Waals surface area contributed by atoms with Crippen LogP contribution in [0.3, 0.4) is 0 Å². The van der Waals surface area contributed by atoms with Crippen molar-refractivity contribution in [1.82, 2.24) is 0 Å². The number of rotatable bonds is 3. The molecular formula is C13H9ClF2N2O. The Morgan fingerprint density at radius 1 is 1.05 bits per heavy atom. The summed E-state index contributed by atoms with van der Waals surface area (Å²) in [4.78, 5) is 0. The van der Waals surface area contributed by atoms with Gasteiger partial charge in [-0.2, -0.15) is 0 Å². The Hall–Kier alpha value is -2.14. The lowest BCUT2D eigenvalue weighted by Gasteiger charge is -2.11. The van der Waals surface area contributed by atoms with Gasteiger partial charge in [-0.05, 0) is 36.4 Å². The molecule has 0 fully saturated rings. The Balaban J connectivity index is 2.40.